The number of carbonyl (C=O) groups is 3. The van der Waals surface area contributed by atoms with Gasteiger partial charge in [-0.1, -0.05) is 37.3 Å². The molecule has 8 heteroatoms. The third kappa shape index (κ3) is 8.98. The van der Waals surface area contributed by atoms with E-state index < -0.39 is 11.9 Å². The molecular formula is C21H25FN2O5. The van der Waals surface area contributed by atoms with Crippen LogP contribution >= 0.6 is 0 Å². The van der Waals surface area contributed by atoms with Gasteiger partial charge in [-0.2, -0.15) is 0 Å². The van der Waals surface area contributed by atoms with E-state index in [-0.39, 0.29) is 18.3 Å². The second-order valence-corrected chi connectivity index (χ2v) is 6.46. The van der Waals surface area contributed by atoms with E-state index in [0.717, 1.165) is 6.42 Å². The molecule has 0 fully saturated rings. The van der Waals surface area contributed by atoms with E-state index in [1.54, 1.807) is 19.1 Å². The number of amides is 1. The zero-order valence-corrected chi connectivity index (χ0v) is 16.6. The molecule has 2 rings (SSSR count). The van der Waals surface area contributed by atoms with Gasteiger partial charge in [-0.3, -0.25) is 9.69 Å². The van der Waals surface area contributed by atoms with Crippen LogP contribution in [0.15, 0.2) is 42.5 Å². The van der Waals surface area contributed by atoms with Gasteiger partial charge in [0, 0.05) is 12.2 Å². The van der Waals surface area contributed by atoms with Crippen LogP contribution in [0.5, 0.6) is 0 Å². The molecule has 7 nitrogen and oxygen atoms in total. The van der Waals surface area contributed by atoms with Crippen LogP contribution in [0, 0.1) is 12.7 Å². The van der Waals surface area contributed by atoms with Crippen molar-refractivity contribution in [1.29, 1.82) is 0 Å². The van der Waals surface area contributed by atoms with E-state index in [2.05, 4.69) is 36.5 Å². The summed E-state index contributed by atoms with van der Waals surface area (Å²) in [6, 6.07) is 13.1. The van der Waals surface area contributed by atoms with Crippen LogP contribution in [0.3, 0.4) is 0 Å². The summed E-state index contributed by atoms with van der Waals surface area (Å²) < 4.78 is 13.5. The maximum Gasteiger partial charge on any atom is 0.414 e. The average molecular weight is 404 g/mol. The normalized spacial score (nSPS) is 10.1. The minimum atomic E-state index is -1.82. The number of likely N-dealkylation sites (N-methyl/N-ethyl adjacent to an activating group) is 1. The largest absolute Gasteiger partial charge is 0.473 e. The molecule has 0 aliphatic heterocycles. The summed E-state index contributed by atoms with van der Waals surface area (Å²) in [5.41, 5.74) is 3.52. The molecule has 0 aliphatic carbocycles. The Balaban J connectivity index is 0.000000612. The van der Waals surface area contributed by atoms with Gasteiger partial charge < -0.3 is 15.5 Å². The Hall–Kier alpha value is -3.26. The summed E-state index contributed by atoms with van der Waals surface area (Å²) >= 11 is 0. The number of nitrogens with zero attached hydrogens (tertiary/aromatic N) is 1. The Morgan fingerprint density at radius 3 is 2.03 bits per heavy atom. The van der Waals surface area contributed by atoms with Crippen molar-refractivity contribution in [3.05, 3.63) is 65.0 Å². The molecule has 29 heavy (non-hydrogen) atoms. The van der Waals surface area contributed by atoms with Crippen LogP contribution in [0.1, 0.15) is 23.6 Å². The lowest BCUT2D eigenvalue weighted by Gasteiger charge is -2.16. The fourth-order valence-electron chi connectivity index (χ4n) is 2.36. The number of carboxylic acid groups (broad SMARTS) is 2. The molecule has 0 spiro atoms. The highest BCUT2D eigenvalue weighted by Crippen LogP contribution is 2.13. The van der Waals surface area contributed by atoms with Gasteiger partial charge in [0.05, 0.1) is 6.54 Å². The summed E-state index contributed by atoms with van der Waals surface area (Å²) in [5.74, 6) is -4.11. The number of hydrogen-bond acceptors (Lipinski definition) is 4. The summed E-state index contributed by atoms with van der Waals surface area (Å²) in [7, 11) is 1.89. The van der Waals surface area contributed by atoms with Crippen molar-refractivity contribution >= 4 is 23.5 Å². The van der Waals surface area contributed by atoms with Gasteiger partial charge in [-0.15, -0.1) is 0 Å². The monoisotopic (exact) mass is 404 g/mol. The standard InChI is InChI=1S/C19H23FN2O.C2H2O4/c1-4-15-6-8-16(9-7-15)12-22(3)13-19(23)21-17-10-5-14(2)18(20)11-17;3-1(4)2(5)6/h5-11H,4,12-13H2,1-3H3,(H,21,23);(H,3,4)(H,5,6). The molecule has 0 atom stereocenters. The highest BCUT2D eigenvalue weighted by atomic mass is 19.1. The van der Waals surface area contributed by atoms with Crippen LogP contribution in [-0.4, -0.2) is 46.6 Å². The Morgan fingerprint density at radius 1 is 1.00 bits per heavy atom. The summed E-state index contributed by atoms with van der Waals surface area (Å²) in [6.07, 6.45) is 1.02. The maximum absolute atomic E-state index is 13.5. The highest BCUT2D eigenvalue weighted by Gasteiger charge is 2.09. The lowest BCUT2D eigenvalue weighted by molar-refractivity contribution is -0.159. The number of aliphatic carboxylic acids is 2. The SMILES string of the molecule is CCc1ccc(CN(C)CC(=O)Nc2ccc(C)c(F)c2)cc1.O=C(O)C(=O)O. The first-order valence-corrected chi connectivity index (χ1v) is 8.91. The first-order chi connectivity index (χ1) is 13.6. The molecule has 3 N–H and O–H groups in total. The van der Waals surface area contributed by atoms with Crippen molar-refractivity contribution in [3.63, 3.8) is 0 Å². The number of benzene rings is 2. The second-order valence-electron chi connectivity index (χ2n) is 6.46. The Bertz CT molecular complexity index is 841. The fourth-order valence-corrected chi connectivity index (χ4v) is 2.36. The molecule has 0 unspecified atom stereocenters. The summed E-state index contributed by atoms with van der Waals surface area (Å²) in [6.45, 7) is 4.77. The molecule has 2 aromatic rings. The topological polar surface area (TPSA) is 107 Å². The van der Waals surface area contributed by atoms with Gasteiger partial charge in [-0.25, -0.2) is 14.0 Å². The minimum absolute atomic E-state index is 0.152. The van der Waals surface area contributed by atoms with Crippen molar-refractivity contribution in [2.24, 2.45) is 0 Å². The Morgan fingerprint density at radius 2 is 1.55 bits per heavy atom. The van der Waals surface area contributed by atoms with Gasteiger partial charge in [-0.05, 0) is 49.2 Å². The van der Waals surface area contributed by atoms with Gasteiger partial charge in [0.1, 0.15) is 5.82 Å². The molecule has 0 saturated heterocycles. The molecule has 0 saturated carbocycles. The van der Waals surface area contributed by atoms with E-state index in [1.165, 1.54) is 17.2 Å². The number of anilines is 1. The van der Waals surface area contributed by atoms with Crippen LogP contribution in [0.2, 0.25) is 0 Å². The van der Waals surface area contributed by atoms with Crippen molar-refractivity contribution in [2.45, 2.75) is 26.8 Å². The van der Waals surface area contributed by atoms with Crippen LogP contribution < -0.4 is 5.32 Å². The van der Waals surface area contributed by atoms with Gasteiger partial charge in [0.15, 0.2) is 0 Å². The molecule has 1 amide bonds. The molecule has 2 aromatic carbocycles. The van der Waals surface area contributed by atoms with E-state index in [9.17, 15) is 9.18 Å². The summed E-state index contributed by atoms with van der Waals surface area (Å²) in [5, 5.41) is 17.5. The number of aryl methyl sites for hydroxylation is 2. The molecular weight excluding hydrogens is 379 g/mol. The predicted molar refractivity (Wildman–Crippen MR) is 107 cm³/mol. The molecule has 0 radical (unpaired) electrons. The van der Waals surface area contributed by atoms with E-state index >= 15 is 0 Å². The lowest BCUT2D eigenvalue weighted by Crippen LogP contribution is -2.29. The average Bonchev–Trinajstić information content (AvgIpc) is 2.65. The smallest absolute Gasteiger partial charge is 0.414 e. The van der Waals surface area contributed by atoms with Gasteiger partial charge in [0.25, 0.3) is 0 Å². The van der Waals surface area contributed by atoms with E-state index in [0.29, 0.717) is 17.8 Å². The number of nitrogens with one attached hydrogen (secondary N) is 1. The second kappa shape index (κ2) is 11.6. The van der Waals surface area contributed by atoms with Gasteiger partial charge in [0.2, 0.25) is 5.91 Å². The van der Waals surface area contributed by atoms with E-state index in [4.69, 9.17) is 19.8 Å². The van der Waals surface area contributed by atoms with Gasteiger partial charge >= 0.3 is 11.9 Å². The van der Waals surface area contributed by atoms with Crippen molar-refractivity contribution in [2.75, 3.05) is 18.9 Å². The molecule has 0 bridgehead atoms. The van der Waals surface area contributed by atoms with E-state index in [1.807, 2.05) is 11.9 Å². The lowest BCUT2D eigenvalue weighted by atomic mass is 10.1. The highest BCUT2D eigenvalue weighted by molar-refractivity contribution is 6.27. The fraction of sp³-hybridized carbons (Fsp3) is 0.286. The predicted octanol–water partition coefficient (Wildman–Crippen LogP) is 2.92. The summed E-state index contributed by atoms with van der Waals surface area (Å²) in [4.78, 5) is 32.2. The van der Waals surface area contributed by atoms with Crippen molar-refractivity contribution in [3.8, 4) is 0 Å². The maximum atomic E-state index is 13.5. The van der Waals surface area contributed by atoms with Crippen LogP contribution in [-0.2, 0) is 27.3 Å². The van der Waals surface area contributed by atoms with Crippen LogP contribution in [0.25, 0.3) is 0 Å². The molecule has 0 heterocycles. The third-order valence-electron chi connectivity index (χ3n) is 3.94. The number of carboxylic acids is 2. The number of rotatable bonds is 6. The zero-order valence-electron chi connectivity index (χ0n) is 16.6. The quantitative estimate of drug-likeness (QED) is 0.639. The minimum Gasteiger partial charge on any atom is -0.473 e. The number of carbonyl (C=O) groups excluding carboxylic acids is 1. The molecule has 0 aliphatic rings. The number of halogens is 1. The zero-order chi connectivity index (χ0) is 22.0. The number of hydrogen-bond donors (Lipinski definition) is 3. The first kappa shape index (κ1) is 23.8. The Labute approximate surface area is 168 Å². The first-order valence-electron chi connectivity index (χ1n) is 8.91. The Kier molecular flexibility index (Phi) is 9.47. The van der Waals surface area contributed by atoms with Crippen LogP contribution in [0.4, 0.5) is 10.1 Å². The molecule has 156 valence electrons. The third-order valence-corrected chi connectivity index (χ3v) is 3.94. The van der Waals surface area contributed by atoms with Crippen molar-refractivity contribution < 1.29 is 29.0 Å². The van der Waals surface area contributed by atoms with Crippen molar-refractivity contribution in [1.82, 2.24) is 4.90 Å². The molecule has 0 aromatic heterocycles.